The molecule has 0 saturated heterocycles. The molecule has 0 bridgehead atoms. The molecule has 138 valence electrons. The topological polar surface area (TPSA) is 21.2 Å². The van der Waals surface area contributed by atoms with E-state index < -0.39 is 0 Å². The third-order valence-electron chi connectivity index (χ3n) is 6.53. The molecule has 0 aliphatic rings. The fourth-order valence-corrected chi connectivity index (χ4v) is 6.07. The summed E-state index contributed by atoms with van der Waals surface area (Å²) in [5.41, 5.74) is 7.46. The Hall–Kier alpha value is -3.24. The first-order valence-corrected chi connectivity index (χ1v) is 10.8. The van der Waals surface area contributed by atoms with Gasteiger partial charge in [0.05, 0.1) is 28.2 Å². The van der Waals surface area contributed by atoms with Crippen LogP contribution < -0.4 is 4.57 Å². The van der Waals surface area contributed by atoms with Crippen LogP contribution in [0.15, 0.2) is 53.9 Å². The Morgan fingerprint density at radius 3 is 2.69 bits per heavy atom. The fraction of sp³-hybridized carbons (Fsp3) is 0.120. The van der Waals surface area contributed by atoms with Gasteiger partial charge in [0.1, 0.15) is 5.52 Å². The molecule has 0 aliphatic carbocycles. The second kappa shape index (κ2) is 5.02. The van der Waals surface area contributed by atoms with E-state index in [2.05, 4.69) is 83.8 Å². The molecule has 0 amide bonds. The van der Waals surface area contributed by atoms with Crippen molar-refractivity contribution in [1.82, 2.24) is 9.38 Å². The number of thiophene rings is 1. The van der Waals surface area contributed by atoms with Crippen LogP contribution in [0.1, 0.15) is 11.4 Å². The molecule has 3 nitrogen and oxygen atoms in total. The lowest BCUT2D eigenvalue weighted by atomic mass is 9.97. The molecule has 4 aromatic heterocycles. The number of rotatable bonds is 0. The summed E-state index contributed by atoms with van der Waals surface area (Å²) in [4.78, 5) is 5.05. The van der Waals surface area contributed by atoms with E-state index in [4.69, 9.17) is 4.98 Å². The normalized spacial score (nSPS) is 12.7. The van der Waals surface area contributed by atoms with E-state index in [-0.39, 0.29) is 0 Å². The molecule has 0 atom stereocenters. The standard InChI is InChI=1S/C25H18N3S/c1-13-8-9-15-12-16-10-11-29-25(16)23-20(15)19(13)22-24-21(26-14(2)27(22)3)17-6-4-5-7-18(17)28(23)24/h4-12H,1-3H3/q+1. The van der Waals surface area contributed by atoms with Gasteiger partial charge in [0, 0.05) is 17.7 Å². The highest BCUT2D eigenvalue weighted by Gasteiger charge is 2.27. The van der Waals surface area contributed by atoms with E-state index in [1.807, 2.05) is 11.3 Å². The molecule has 0 fully saturated rings. The average Bonchev–Trinajstić information content (AvgIpc) is 3.32. The van der Waals surface area contributed by atoms with E-state index >= 15 is 0 Å². The number of hydrogen-bond acceptors (Lipinski definition) is 2. The number of hydrogen-bond donors (Lipinski definition) is 0. The van der Waals surface area contributed by atoms with Crippen molar-refractivity contribution in [1.29, 1.82) is 0 Å². The van der Waals surface area contributed by atoms with Crippen molar-refractivity contribution in [3.63, 3.8) is 0 Å². The molecule has 4 heteroatoms. The number of para-hydroxylation sites is 1. The summed E-state index contributed by atoms with van der Waals surface area (Å²) >= 11 is 1.83. The van der Waals surface area contributed by atoms with Crippen molar-refractivity contribution >= 4 is 70.6 Å². The second-order valence-electron chi connectivity index (χ2n) is 8.04. The minimum Gasteiger partial charge on any atom is -0.300 e. The smallest absolute Gasteiger partial charge is 0.296 e. The van der Waals surface area contributed by atoms with Crippen LogP contribution in [0.4, 0.5) is 0 Å². The van der Waals surface area contributed by atoms with E-state index in [1.54, 1.807) is 0 Å². The molecule has 4 heterocycles. The fourth-order valence-electron chi connectivity index (χ4n) is 5.15. The molecule has 7 rings (SSSR count). The van der Waals surface area contributed by atoms with Gasteiger partial charge in [0.2, 0.25) is 5.52 Å². The van der Waals surface area contributed by atoms with Crippen molar-refractivity contribution in [3.05, 3.63) is 65.3 Å². The van der Waals surface area contributed by atoms with Crippen LogP contribution in [-0.2, 0) is 7.05 Å². The highest BCUT2D eigenvalue weighted by molar-refractivity contribution is 7.18. The Morgan fingerprint density at radius 1 is 0.931 bits per heavy atom. The number of aryl methyl sites for hydroxylation is 3. The van der Waals surface area contributed by atoms with Crippen LogP contribution in [0, 0.1) is 13.8 Å². The Balaban J connectivity index is 2.06. The van der Waals surface area contributed by atoms with Gasteiger partial charge in [-0.05, 0) is 57.9 Å². The van der Waals surface area contributed by atoms with Gasteiger partial charge in [0.15, 0.2) is 5.52 Å². The van der Waals surface area contributed by atoms with Crippen molar-refractivity contribution < 1.29 is 4.57 Å². The maximum Gasteiger partial charge on any atom is 0.296 e. The maximum atomic E-state index is 5.05. The van der Waals surface area contributed by atoms with Crippen LogP contribution in [0.25, 0.3) is 59.2 Å². The summed E-state index contributed by atoms with van der Waals surface area (Å²) in [6.07, 6.45) is 0. The molecule has 0 aliphatic heterocycles. The van der Waals surface area contributed by atoms with Gasteiger partial charge in [-0.15, -0.1) is 11.3 Å². The van der Waals surface area contributed by atoms with Crippen LogP contribution in [0.3, 0.4) is 0 Å². The van der Waals surface area contributed by atoms with E-state index in [9.17, 15) is 0 Å². The lowest BCUT2D eigenvalue weighted by Crippen LogP contribution is -2.34. The molecule has 0 spiro atoms. The minimum absolute atomic E-state index is 1.03. The summed E-state index contributed by atoms with van der Waals surface area (Å²) in [6, 6.07) is 17.8. The van der Waals surface area contributed by atoms with Crippen LogP contribution >= 0.6 is 11.3 Å². The van der Waals surface area contributed by atoms with Gasteiger partial charge < -0.3 is 4.40 Å². The Kier molecular flexibility index (Phi) is 2.71. The van der Waals surface area contributed by atoms with E-state index in [0.29, 0.717) is 0 Å². The summed E-state index contributed by atoms with van der Waals surface area (Å²) < 4.78 is 6.09. The summed E-state index contributed by atoms with van der Waals surface area (Å²) in [5.74, 6) is 1.03. The molecule has 3 aromatic carbocycles. The van der Waals surface area contributed by atoms with Crippen LogP contribution in [-0.4, -0.2) is 9.38 Å². The predicted octanol–water partition coefficient (Wildman–Crippen LogP) is 6.04. The summed E-state index contributed by atoms with van der Waals surface area (Å²) in [6.45, 7) is 4.34. The zero-order valence-corrected chi connectivity index (χ0v) is 17.3. The molecular formula is C25H18N3S+. The Bertz CT molecular complexity index is 1790. The lowest BCUT2D eigenvalue weighted by Gasteiger charge is -2.15. The molecule has 0 unspecified atom stereocenters. The first-order valence-electron chi connectivity index (χ1n) is 9.89. The van der Waals surface area contributed by atoms with Gasteiger partial charge in [-0.25, -0.2) is 4.57 Å². The van der Waals surface area contributed by atoms with Crippen molar-refractivity contribution in [2.24, 2.45) is 7.05 Å². The van der Waals surface area contributed by atoms with Gasteiger partial charge in [-0.1, -0.05) is 24.3 Å². The second-order valence-corrected chi connectivity index (χ2v) is 8.95. The maximum absolute atomic E-state index is 5.05. The van der Waals surface area contributed by atoms with E-state index in [0.717, 1.165) is 11.3 Å². The van der Waals surface area contributed by atoms with E-state index in [1.165, 1.54) is 59.3 Å². The third kappa shape index (κ3) is 1.70. The summed E-state index contributed by atoms with van der Waals surface area (Å²) in [7, 11) is 2.14. The minimum atomic E-state index is 1.03. The Morgan fingerprint density at radius 2 is 1.79 bits per heavy atom. The highest BCUT2D eigenvalue weighted by atomic mass is 32.1. The van der Waals surface area contributed by atoms with Gasteiger partial charge in [0.25, 0.3) is 5.82 Å². The molecule has 29 heavy (non-hydrogen) atoms. The van der Waals surface area contributed by atoms with Crippen molar-refractivity contribution in [3.8, 4) is 0 Å². The molecular weight excluding hydrogens is 374 g/mol. The van der Waals surface area contributed by atoms with Gasteiger partial charge >= 0.3 is 0 Å². The van der Waals surface area contributed by atoms with Gasteiger partial charge in [-0.2, -0.15) is 0 Å². The largest absolute Gasteiger partial charge is 0.300 e. The number of benzene rings is 3. The molecule has 7 aromatic rings. The predicted molar refractivity (Wildman–Crippen MR) is 122 cm³/mol. The Labute approximate surface area is 170 Å². The first-order chi connectivity index (χ1) is 14.1. The lowest BCUT2D eigenvalue weighted by molar-refractivity contribution is -0.653. The quantitative estimate of drug-likeness (QED) is 0.175. The van der Waals surface area contributed by atoms with Crippen molar-refractivity contribution in [2.75, 3.05) is 0 Å². The van der Waals surface area contributed by atoms with Crippen LogP contribution in [0.2, 0.25) is 0 Å². The zero-order chi connectivity index (χ0) is 19.4. The monoisotopic (exact) mass is 392 g/mol. The number of fused-ring (bicyclic) bond motifs is 7. The first kappa shape index (κ1) is 15.7. The third-order valence-corrected chi connectivity index (χ3v) is 7.47. The average molecular weight is 393 g/mol. The molecule has 0 N–H and O–H groups in total. The van der Waals surface area contributed by atoms with Crippen LogP contribution in [0.5, 0.6) is 0 Å². The van der Waals surface area contributed by atoms with Crippen molar-refractivity contribution in [2.45, 2.75) is 13.8 Å². The molecule has 0 radical (unpaired) electrons. The number of pyridine rings is 1. The number of nitrogens with zero attached hydrogens (tertiary/aromatic N) is 3. The zero-order valence-electron chi connectivity index (χ0n) is 16.4. The summed E-state index contributed by atoms with van der Waals surface area (Å²) in [5, 5.41) is 8.75. The van der Waals surface area contributed by atoms with Gasteiger partial charge in [-0.3, -0.25) is 0 Å². The number of aromatic nitrogens is 3. The SMILES string of the molecule is Cc1ccc2cc3ccsc3c3c2c1c1c2c(nc(C)[n+]1C)c1ccccc1n32. The highest BCUT2D eigenvalue weighted by Crippen LogP contribution is 2.43. The molecule has 0 saturated carbocycles.